The molecule has 0 saturated carbocycles. The molecule has 0 aliphatic carbocycles. The smallest absolute Gasteiger partial charge is 0.253 e. The monoisotopic (exact) mass is 281 g/mol. The van der Waals surface area contributed by atoms with Gasteiger partial charge in [0.25, 0.3) is 5.91 Å². The molecule has 2 aromatic rings. The molecule has 1 aromatic carbocycles. The van der Waals surface area contributed by atoms with Crippen molar-refractivity contribution in [2.75, 3.05) is 18.4 Å². The minimum absolute atomic E-state index is 0.144. The van der Waals surface area contributed by atoms with Gasteiger partial charge in [-0.1, -0.05) is 36.4 Å². The molecule has 1 amide bonds. The van der Waals surface area contributed by atoms with Crippen molar-refractivity contribution in [3.8, 4) is 0 Å². The number of pyridine rings is 1. The number of amides is 1. The van der Waals surface area contributed by atoms with Crippen molar-refractivity contribution >= 4 is 11.6 Å². The van der Waals surface area contributed by atoms with E-state index in [-0.39, 0.29) is 5.91 Å². The number of hydrogen-bond donors (Lipinski definition) is 2. The maximum absolute atomic E-state index is 11.8. The van der Waals surface area contributed by atoms with E-state index in [2.05, 4.69) is 34.3 Å². The van der Waals surface area contributed by atoms with E-state index in [1.807, 2.05) is 18.2 Å². The molecule has 21 heavy (non-hydrogen) atoms. The molecule has 2 N–H and O–H groups in total. The third kappa shape index (κ3) is 4.76. The first-order valence-electron chi connectivity index (χ1n) is 6.91. The number of nitrogens with one attached hydrogen (secondary N) is 2. The van der Waals surface area contributed by atoms with Crippen LogP contribution in [0.5, 0.6) is 0 Å². The highest BCUT2D eigenvalue weighted by Crippen LogP contribution is 2.09. The van der Waals surface area contributed by atoms with Crippen LogP contribution in [0.15, 0.2) is 61.4 Å². The van der Waals surface area contributed by atoms with Crippen LogP contribution in [0.4, 0.5) is 5.69 Å². The summed E-state index contributed by atoms with van der Waals surface area (Å²) in [4.78, 5) is 15.9. The number of aromatic nitrogens is 1. The molecule has 0 bridgehead atoms. The highest BCUT2D eigenvalue weighted by Gasteiger charge is 2.05. The zero-order chi connectivity index (χ0) is 14.9. The molecule has 0 fully saturated rings. The van der Waals surface area contributed by atoms with Gasteiger partial charge >= 0.3 is 0 Å². The summed E-state index contributed by atoms with van der Waals surface area (Å²) in [7, 11) is 0. The molecule has 0 radical (unpaired) electrons. The second kappa shape index (κ2) is 7.85. The molecule has 0 atom stereocenters. The van der Waals surface area contributed by atoms with Crippen LogP contribution in [0, 0.1) is 0 Å². The third-order valence-electron chi connectivity index (χ3n) is 2.99. The van der Waals surface area contributed by atoms with E-state index in [1.54, 1.807) is 24.5 Å². The van der Waals surface area contributed by atoms with E-state index in [9.17, 15) is 4.79 Å². The van der Waals surface area contributed by atoms with E-state index in [0.717, 1.165) is 18.7 Å². The fourth-order valence-corrected chi connectivity index (χ4v) is 1.92. The predicted octanol–water partition coefficient (Wildman–Crippen LogP) is 2.65. The molecular formula is C17H19N3O. The Morgan fingerprint density at radius 3 is 2.81 bits per heavy atom. The lowest BCUT2D eigenvalue weighted by molar-refractivity contribution is 0.0957. The summed E-state index contributed by atoms with van der Waals surface area (Å²) in [6.07, 6.45) is 5.84. The molecule has 1 aromatic heterocycles. The number of carbonyl (C=O) groups is 1. The van der Waals surface area contributed by atoms with E-state index in [0.29, 0.717) is 12.1 Å². The minimum Gasteiger partial charge on any atom is -0.383 e. The number of benzene rings is 1. The van der Waals surface area contributed by atoms with Gasteiger partial charge in [-0.2, -0.15) is 0 Å². The minimum atomic E-state index is -0.144. The standard InChI is InChI=1S/C17H19N3O/c1-2-9-20-17(21)15-11-16(13-18-12-15)19-10-8-14-6-4-3-5-7-14/h2-7,11-13,19H,1,8-10H2,(H,20,21). The number of rotatable bonds is 7. The number of carbonyl (C=O) groups excluding carboxylic acids is 1. The molecule has 0 aliphatic heterocycles. The van der Waals surface area contributed by atoms with Crippen LogP contribution in [-0.4, -0.2) is 24.0 Å². The van der Waals surface area contributed by atoms with Gasteiger partial charge in [-0.25, -0.2) is 0 Å². The Morgan fingerprint density at radius 1 is 1.24 bits per heavy atom. The number of hydrogen-bond acceptors (Lipinski definition) is 3. The topological polar surface area (TPSA) is 54.0 Å². The highest BCUT2D eigenvalue weighted by molar-refractivity contribution is 5.94. The molecule has 4 nitrogen and oxygen atoms in total. The number of nitrogens with zero attached hydrogens (tertiary/aromatic N) is 1. The van der Waals surface area contributed by atoms with Gasteiger partial charge in [0.2, 0.25) is 0 Å². The molecule has 0 unspecified atom stereocenters. The molecular weight excluding hydrogens is 262 g/mol. The maximum Gasteiger partial charge on any atom is 0.253 e. The van der Waals surface area contributed by atoms with Gasteiger partial charge in [0, 0.05) is 25.5 Å². The van der Waals surface area contributed by atoms with Gasteiger partial charge in [-0.05, 0) is 18.1 Å². The van der Waals surface area contributed by atoms with E-state index < -0.39 is 0 Å². The van der Waals surface area contributed by atoms with Gasteiger partial charge in [-0.15, -0.1) is 6.58 Å². The summed E-state index contributed by atoms with van der Waals surface area (Å²) in [5.41, 5.74) is 2.66. The summed E-state index contributed by atoms with van der Waals surface area (Å²) >= 11 is 0. The van der Waals surface area contributed by atoms with Gasteiger partial charge < -0.3 is 10.6 Å². The molecule has 108 valence electrons. The van der Waals surface area contributed by atoms with Crippen LogP contribution in [0.2, 0.25) is 0 Å². The predicted molar refractivity (Wildman–Crippen MR) is 85.4 cm³/mol. The SMILES string of the molecule is C=CCNC(=O)c1cncc(NCCc2ccccc2)c1. The van der Waals surface area contributed by atoms with Crippen LogP contribution in [-0.2, 0) is 6.42 Å². The average molecular weight is 281 g/mol. The van der Waals surface area contributed by atoms with E-state index in [4.69, 9.17) is 0 Å². The van der Waals surface area contributed by atoms with Gasteiger partial charge in [0.15, 0.2) is 0 Å². The van der Waals surface area contributed by atoms with Crippen LogP contribution >= 0.6 is 0 Å². The zero-order valence-electron chi connectivity index (χ0n) is 11.9. The van der Waals surface area contributed by atoms with Gasteiger partial charge in [-0.3, -0.25) is 9.78 Å². The third-order valence-corrected chi connectivity index (χ3v) is 2.99. The summed E-state index contributed by atoms with van der Waals surface area (Å²) in [5.74, 6) is -0.144. The van der Waals surface area contributed by atoms with Crippen LogP contribution in [0.3, 0.4) is 0 Å². The fraction of sp³-hybridized carbons (Fsp3) is 0.176. The Hall–Kier alpha value is -2.62. The lowest BCUT2D eigenvalue weighted by atomic mass is 10.1. The molecule has 2 rings (SSSR count). The zero-order valence-corrected chi connectivity index (χ0v) is 11.9. The second-order valence-electron chi connectivity index (χ2n) is 4.62. The van der Waals surface area contributed by atoms with Crippen molar-refractivity contribution < 1.29 is 4.79 Å². The van der Waals surface area contributed by atoms with Gasteiger partial charge in [0.05, 0.1) is 11.3 Å². The largest absolute Gasteiger partial charge is 0.383 e. The number of anilines is 1. The quantitative estimate of drug-likeness (QED) is 0.767. The van der Waals surface area contributed by atoms with Crippen LogP contribution in [0.1, 0.15) is 15.9 Å². The molecule has 0 saturated heterocycles. The normalized spacial score (nSPS) is 9.90. The summed E-state index contributed by atoms with van der Waals surface area (Å²) < 4.78 is 0. The molecule has 0 aliphatic rings. The summed E-state index contributed by atoms with van der Waals surface area (Å²) in [5, 5.41) is 6.01. The molecule has 0 spiro atoms. The first kappa shape index (κ1) is 14.8. The molecule has 1 heterocycles. The van der Waals surface area contributed by atoms with Crippen molar-refractivity contribution in [3.63, 3.8) is 0 Å². The van der Waals surface area contributed by atoms with Crippen molar-refractivity contribution in [2.24, 2.45) is 0 Å². The Kier molecular flexibility index (Phi) is 5.52. The molecule has 4 heteroatoms. The Bertz CT molecular complexity index is 596. The Labute approximate surface area is 124 Å². The summed E-state index contributed by atoms with van der Waals surface area (Å²) in [6, 6.07) is 12.1. The van der Waals surface area contributed by atoms with Crippen molar-refractivity contribution in [3.05, 3.63) is 72.6 Å². The van der Waals surface area contributed by atoms with Crippen molar-refractivity contribution in [2.45, 2.75) is 6.42 Å². The van der Waals surface area contributed by atoms with Crippen molar-refractivity contribution in [1.82, 2.24) is 10.3 Å². The van der Waals surface area contributed by atoms with Crippen LogP contribution in [0.25, 0.3) is 0 Å². The maximum atomic E-state index is 11.8. The lowest BCUT2D eigenvalue weighted by Crippen LogP contribution is -2.23. The van der Waals surface area contributed by atoms with Crippen LogP contribution < -0.4 is 10.6 Å². The summed E-state index contributed by atoms with van der Waals surface area (Å²) in [6.45, 7) is 4.81. The average Bonchev–Trinajstić information content (AvgIpc) is 2.54. The second-order valence-corrected chi connectivity index (χ2v) is 4.62. The lowest BCUT2D eigenvalue weighted by Gasteiger charge is -2.08. The first-order valence-corrected chi connectivity index (χ1v) is 6.91. The first-order chi connectivity index (χ1) is 10.3. The fourth-order valence-electron chi connectivity index (χ4n) is 1.92. The highest BCUT2D eigenvalue weighted by atomic mass is 16.1. The van der Waals surface area contributed by atoms with E-state index >= 15 is 0 Å². The van der Waals surface area contributed by atoms with E-state index in [1.165, 1.54) is 5.56 Å². The van der Waals surface area contributed by atoms with Gasteiger partial charge in [0.1, 0.15) is 0 Å². The Balaban J connectivity index is 1.89. The van der Waals surface area contributed by atoms with Crippen molar-refractivity contribution in [1.29, 1.82) is 0 Å². The Morgan fingerprint density at radius 2 is 2.05 bits per heavy atom.